The van der Waals surface area contributed by atoms with E-state index in [1.54, 1.807) is 24.7 Å². The zero-order valence-corrected chi connectivity index (χ0v) is 28.7. The number of aromatic nitrogens is 10. The van der Waals surface area contributed by atoms with Crippen LogP contribution in [0.15, 0.2) is 49.3 Å². The maximum absolute atomic E-state index is 7.13. The summed E-state index contributed by atoms with van der Waals surface area (Å²) in [4.78, 5) is 38.4. The maximum atomic E-state index is 7.13. The molecule has 0 spiro atoms. The van der Waals surface area contributed by atoms with Crippen molar-refractivity contribution in [2.75, 3.05) is 0 Å². The van der Waals surface area contributed by atoms with Gasteiger partial charge in [-0.2, -0.15) is 0 Å². The van der Waals surface area contributed by atoms with Crippen molar-refractivity contribution in [1.29, 1.82) is 10.5 Å². The molecule has 222 valence electrons. The molecule has 0 aromatic carbocycles. The van der Waals surface area contributed by atoms with Crippen LogP contribution in [0.3, 0.4) is 0 Å². The Morgan fingerprint density at radius 1 is 0.717 bits per heavy atom. The Kier molecular flexibility index (Phi) is 10.8. The summed E-state index contributed by atoms with van der Waals surface area (Å²) in [5.41, 5.74) is 6.99. The van der Waals surface area contributed by atoms with Crippen molar-refractivity contribution in [3.8, 4) is 22.8 Å². The topological polar surface area (TPSA) is 165 Å². The molecule has 0 amide bonds. The van der Waals surface area contributed by atoms with Gasteiger partial charge in [-0.25, -0.2) is 34.9 Å². The second-order valence-electron chi connectivity index (χ2n) is 10.2. The molecular weight excluding hydrogens is 655 g/mol. The van der Waals surface area contributed by atoms with E-state index >= 15 is 0 Å². The Morgan fingerprint density at radius 2 is 1.17 bits per heavy atom. The first kappa shape index (κ1) is 33.7. The van der Waals surface area contributed by atoms with E-state index in [-0.39, 0.29) is 19.5 Å². The van der Waals surface area contributed by atoms with Gasteiger partial charge < -0.3 is 33.1 Å². The number of hydrogen-bond donors (Lipinski definition) is 0. The summed E-state index contributed by atoms with van der Waals surface area (Å²) in [5.74, 6) is 2.13. The van der Waals surface area contributed by atoms with Crippen LogP contribution in [-0.4, -0.2) is 49.0 Å². The predicted molar refractivity (Wildman–Crippen MR) is 164 cm³/mol. The molecule has 2 fully saturated rings. The third-order valence-electron chi connectivity index (χ3n) is 7.27. The third kappa shape index (κ3) is 6.72. The van der Waals surface area contributed by atoms with Gasteiger partial charge in [0.15, 0.2) is 5.65 Å². The number of aryl methyl sites for hydroxylation is 2. The molecule has 2 aliphatic carbocycles. The summed E-state index contributed by atoms with van der Waals surface area (Å²) in [6.07, 6.45) is 11.2. The van der Waals surface area contributed by atoms with Crippen LogP contribution in [-0.2, 0) is 19.5 Å². The standard InChI is InChI=1S/C15H12N6.C14H12ClN5.2CN.Zn/c1-9-11(7-17-8-18-9)14-19-12-5-6-13(16-2)20-15(12)21(14)10-3-4-10;1-8-10(6-16-7-17-8)13-18-11-4-5-12(15)19-14(11)20(13)9-2-3-9;2*1-2;/h5-8,10H,3-4H2,1H3;4-7,9H,2-3H2,1H3;;;/q;;2*-1;+2. The summed E-state index contributed by atoms with van der Waals surface area (Å²) in [7, 11) is 0. The van der Waals surface area contributed by atoms with Crippen molar-refractivity contribution in [3.05, 3.63) is 90.4 Å². The average molecular weight is 679 g/mol. The number of fused-ring (bicyclic) bond motifs is 2. The molecule has 0 bridgehead atoms. The molecule has 0 aliphatic heterocycles. The number of pyridine rings is 2. The van der Waals surface area contributed by atoms with Gasteiger partial charge in [-0.05, 0) is 63.8 Å². The molecule has 0 radical (unpaired) electrons. The number of halogens is 1. The number of hydrogen-bond acceptors (Lipinski definition) is 10. The Balaban J connectivity index is 0.000000185. The van der Waals surface area contributed by atoms with Gasteiger partial charge >= 0.3 is 19.5 Å². The molecule has 0 atom stereocenters. The van der Waals surface area contributed by atoms with E-state index in [1.165, 1.54) is 6.33 Å². The van der Waals surface area contributed by atoms with Gasteiger partial charge in [0.1, 0.15) is 40.5 Å². The summed E-state index contributed by atoms with van der Waals surface area (Å²) in [6.45, 7) is 20.5. The quantitative estimate of drug-likeness (QED) is 0.115. The monoisotopic (exact) mass is 677 g/mol. The fraction of sp³-hybridized carbons (Fsp3) is 0.258. The average Bonchev–Trinajstić information content (AvgIpc) is 4.02. The molecule has 8 rings (SSSR count). The van der Waals surface area contributed by atoms with Gasteiger partial charge in [-0.15, -0.1) is 0 Å². The van der Waals surface area contributed by atoms with Crippen LogP contribution < -0.4 is 0 Å². The molecule has 13 nitrogen and oxygen atoms in total. The van der Waals surface area contributed by atoms with Crippen LogP contribution in [0.1, 0.15) is 49.2 Å². The smallest absolute Gasteiger partial charge is 0.512 e. The van der Waals surface area contributed by atoms with Gasteiger partial charge in [0.25, 0.3) is 11.5 Å². The minimum atomic E-state index is 0. The fourth-order valence-corrected chi connectivity index (χ4v) is 5.08. The van der Waals surface area contributed by atoms with E-state index in [0.29, 0.717) is 23.1 Å². The SMILES string of the molecule is Cc1ncncc1-c1nc2ccc(Cl)nc2n1C1CC1.[C-]#N.[C-]#N.[C-]#[N+]c1ccc2nc(-c3cncnc3C)n(C3CC3)c2n1.[Zn+2]. The van der Waals surface area contributed by atoms with Gasteiger partial charge in [0, 0.05) is 24.5 Å². The van der Waals surface area contributed by atoms with Crippen molar-refractivity contribution in [2.24, 2.45) is 0 Å². The first-order valence-electron chi connectivity index (χ1n) is 13.8. The number of rotatable bonds is 4. The Labute approximate surface area is 282 Å². The first-order chi connectivity index (χ1) is 22.0. The molecule has 2 aliphatic rings. The summed E-state index contributed by atoms with van der Waals surface area (Å²) >= 11 is 6.03. The van der Waals surface area contributed by atoms with E-state index < -0.39 is 0 Å². The molecule has 2 saturated carbocycles. The zero-order valence-electron chi connectivity index (χ0n) is 25.0. The van der Waals surface area contributed by atoms with Gasteiger partial charge in [-0.3, -0.25) is 4.57 Å². The minimum absolute atomic E-state index is 0. The molecule has 15 heteroatoms. The summed E-state index contributed by atoms with van der Waals surface area (Å²) in [5, 5.41) is 13.0. The van der Waals surface area contributed by atoms with E-state index in [9.17, 15) is 0 Å². The second kappa shape index (κ2) is 14.7. The van der Waals surface area contributed by atoms with Crippen LogP contribution in [0.4, 0.5) is 5.82 Å². The predicted octanol–water partition coefficient (Wildman–Crippen LogP) is 6.46. The molecule has 0 unspecified atom stereocenters. The van der Waals surface area contributed by atoms with E-state index in [0.717, 1.165) is 82.2 Å². The Bertz CT molecular complexity index is 2080. The minimum Gasteiger partial charge on any atom is -0.512 e. The van der Waals surface area contributed by atoms with Crippen molar-refractivity contribution >= 4 is 39.7 Å². The van der Waals surface area contributed by atoms with Crippen LogP contribution in [0.2, 0.25) is 5.15 Å². The molecule has 6 aromatic heterocycles. The van der Waals surface area contributed by atoms with Crippen LogP contribution >= 0.6 is 11.6 Å². The molecule has 6 heterocycles. The van der Waals surface area contributed by atoms with Crippen molar-refractivity contribution < 1.29 is 19.5 Å². The van der Waals surface area contributed by atoms with Crippen molar-refractivity contribution in [1.82, 2.24) is 49.0 Å². The molecule has 46 heavy (non-hydrogen) atoms. The molecular formula is C31H24ClN13Zn. The first-order valence-corrected chi connectivity index (χ1v) is 14.2. The molecule has 6 aromatic rings. The van der Waals surface area contributed by atoms with Crippen LogP contribution in [0, 0.1) is 44.1 Å². The van der Waals surface area contributed by atoms with E-state index in [1.807, 2.05) is 32.2 Å². The molecule has 0 N–H and O–H groups in total. The molecule has 0 saturated heterocycles. The fourth-order valence-electron chi connectivity index (χ4n) is 4.93. The van der Waals surface area contributed by atoms with Crippen LogP contribution in [0.25, 0.3) is 49.9 Å². The van der Waals surface area contributed by atoms with Crippen LogP contribution in [0.5, 0.6) is 0 Å². The van der Waals surface area contributed by atoms with Gasteiger partial charge in [0.2, 0.25) is 0 Å². The van der Waals surface area contributed by atoms with Crippen molar-refractivity contribution in [2.45, 2.75) is 51.6 Å². The number of imidazole rings is 2. The Hall–Kier alpha value is -5.22. The van der Waals surface area contributed by atoms with Crippen molar-refractivity contribution in [3.63, 3.8) is 0 Å². The van der Waals surface area contributed by atoms with E-state index in [4.69, 9.17) is 51.8 Å². The summed E-state index contributed by atoms with van der Waals surface area (Å²) < 4.78 is 4.31. The van der Waals surface area contributed by atoms with Gasteiger partial charge in [-0.1, -0.05) is 23.2 Å². The summed E-state index contributed by atoms with van der Waals surface area (Å²) in [6, 6.07) is 8.12. The maximum Gasteiger partial charge on any atom is 2.00 e. The Morgan fingerprint density at radius 3 is 1.61 bits per heavy atom. The largest absolute Gasteiger partial charge is 2.00 e. The number of nitrogens with zero attached hydrogens (tertiary/aromatic N) is 13. The van der Waals surface area contributed by atoms with Gasteiger partial charge in [0.05, 0.1) is 22.5 Å². The normalized spacial score (nSPS) is 13.1. The third-order valence-corrected chi connectivity index (χ3v) is 7.48. The van der Waals surface area contributed by atoms with E-state index in [2.05, 4.69) is 43.9 Å². The zero-order chi connectivity index (χ0) is 32.1. The second-order valence-corrected chi connectivity index (χ2v) is 10.6.